The Kier molecular flexibility index (Phi) is 5.91. The number of esters is 1. The van der Waals surface area contributed by atoms with Gasteiger partial charge in [0.15, 0.2) is 0 Å². The largest absolute Gasteiger partial charge is 0.423 e. The highest BCUT2D eigenvalue weighted by atomic mass is 35.5. The van der Waals surface area contributed by atoms with E-state index in [-0.39, 0.29) is 5.91 Å². The SMILES string of the molecule is O=C(N/N=C/c1ccc(OC(=O)c2ccc(Cl)cc2)cc1)c1ccncc1. The lowest BCUT2D eigenvalue weighted by Crippen LogP contribution is -2.17. The molecule has 0 atom stereocenters. The van der Waals surface area contributed by atoms with E-state index in [1.807, 2.05) is 0 Å². The van der Waals surface area contributed by atoms with Gasteiger partial charge in [-0.25, -0.2) is 10.2 Å². The maximum atomic E-state index is 12.0. The van der Waals surface area contributed by atoms with E-state index >= 15 is 0 Å². The number of amides is 1. The molecule has 0 fully saturated rings. The van der Waals surface area contributed by atoms with Gasteiger partial charge in [-0.1, -0.05) is 11.6 Å². The molecule has 0 aliphatic heterocycles. The molecule has 0 aliphatic rings. The molecule has 3 rings (SSSR count). The van der Waals surface area contributed by atoms with Crippen LogP contribution in [0, 0.1) is 0 Å². The number of hydrogen-bond acceptors (Lipinski definition) is 5. The third kappa shape index (κ3) is 5.23. The van der Waals surface area contributed by atoms with Crippen molar-refractivity contribution in [3.63, 3.8) is 0 Å². The Hall–Kier alpha value is -3.51. The molecule has 27 heavy (non-hydrogen) atoms. The normalized spacial score (nSPS) is 10.6. The molecule has 1 aromatic heterocycles. The van der Waals surface area contributed by atoms with Gasteiger partial charge in [0.25, 0.3) is 5.91 Å². The van der Waals surface area contributed by atoms with Crippen LogP contribution < -0.4 is 10.2 Å². The summed E-state index contributed by atoms with van der Waals surface area (Å²) >= 11 is 5.80. The molecular weight excluding hydrogens is 366 g/mol. The minimum atomic E-state index is -0.474. The van der Waals surface area contributed by atoms with Gasteiger partial charge in [0.05, 0.1) is 11.8 Å². The first-order valence-corrected chi connectivity index (χ1v) is 8.31. The molecule has 2 aromatic carbocycles. The topological polar surface area (TPSA) is 80.6 Å². The fourth-order valence-corrected chi connectivity index (χ4v) is 2.23. The quantitative estimate of drug-likeness (QED) is 0.317. The van der Waals surface area contributed by atoms with Crippen LogP contribution in [0.25, 0.3) is 0 Å². The zero-order valence-electron chi connectivity index (χ0n) is 14.0. The van der Waals surface area contributed by atoms with Crippen molar-refractivity contribution in [2.75, 3.05) is 0 Å². The van der Waals surface area contributed by atoms with Gasteiger partial charge in [0, 0.05) is 23.0 Å². The van der Waals surface area contributed by atoms with Crippen LogP contribution in [0.3, 0.4) is 0 Å². The van der Waals surface area contributed by atoms with Crippen LogP contribution in [0.5, 0.6) is 5.75 Å². The van der Waals surface area contributed by atoms with Crippen molar-refractivity contribution in [3.8, 4) is 5.75 Å². The first-order chi connectivity index (χ1) is 13.1. The van der Waals surface area contributed by atoms with Crippen LogP contribution in [0.1, 0.15) is 26.3 Å². The molecule has 0 unspecified atom stereocenters. The number of carbonyl (C=O) groups is 2. The fourth-order valence-electron chi connectivity index (χ4n) is 2.11. The number of nitrogens with zero attached hydrogens (tertiary/aromatic N) is 2. The molecule has 1 amide bonds. The summed E-state index contributed by atoms with van der Waals surface area (Å²) in [4.78, 5) is 27.7. The van der Waals surface area contributed by atoms with Crippen molar-refractivity contribution < 1.29 is 14.3 Å². The van der Waals surface area contributed by atoms with Gasteiger partial charge in [0.1, 0.15) is 5.75 Å². The summed E-state index contributed by atoms with van der Waals surface area (Å²) in [7, 11) is 0. The number of hydrazone groups is 1. The Labute approximate surface area is 160 Å². The van der Waals surface area contributed by atoms with Gasteiger partial charge in [0.2, 0.25) is 0 Å². The Morgan fingerprint density at radius 2 is 1.59 bits per heavy atom. The molecule has 0 spiro atoms. The average molecular weight is 380 g/mol. The Morgan fingerprint density at radius 1 is 0.926 bits per heavy atom. The maximum Gasteiger partial charge on any atom is 0.343 e. The van der Waals surface area contributed by atoms with Crippen LogP contribution in [-0.2, 0) is 0 Å². The summed E-state index contributed by atoms with van der Waals surface area (Å²) in [6.45, 7) is 0. The third-order valence-corrected chi connectivity index (χ3v) is 3.74. The van der Waals surface area contributed by atoms with E-state index < -0.39 is 5.97 Å². The van der Waals surface area contributed by atoms with Gasteiger partial charge in [-0.15, -0.1) is 0 Å². The molecule has 3 aromatic rings. The van der Waals surface area contributed by atoms with Crippen molar-refractivity contribution in [1.82, 2.24) is 10.4 Å². The maximum absolute atomic E-state index is 12.0. The molecule has 0 aliphatic carbocycles. The number of benzene rings is 2. The first kappa shape index (κ1) is 18.3. The molecule has 1 N–H and O–H groups in total. The molecule has 7 heteroatoms. The molecule has 6 nitrogen and oxygen atoms in total. The van der Waals surface area contributed by atoms with E-state index in [1.54, 1.807) is 60.7 Å². The molecular formula is C20H14ClN3O3. The predicted octanol–water partition coefficient (Wildman–Crippen LogP) is 3.72. The number of ether oxygens (including phenoxy) is 1. The van der Waals surface area contributed by atoms with Gasteiger partial charge in [-0.05, 0) is 66.2 Å². The minimum Gasteiger partial charge on any atom is -0.423 e. The van der Waals surface area contributed by atoms with Crippen molar-refractivity contribution >= 4 is 29.7 Å². The fraction of sp³-hybridized carbons (Fsp3) is 0. The number of halogens is 1. The highest BCUT2D eigenvalue weighted by Gasteiger charge is 2.08. The second-order valence-electron chi connectivity index (χ2n) is 5.40. The van der Waals surface area contributed by atoms with E-state index in [9.17, 15) is 9.59 Å². The molecule has 1 heterocycles. The second-order valence-corrected chi connectivity index (χ2v) is 5.84. The second kappa shape index (κ2) is 8.73. The summed E-state index contributed by atoms with van der Waals surface area (Å²) in [5.41, 5.74) is 4.03. The number of pyridine rings is 1. The van der Waals surface area contributed by atoms with Crippen molar-refractivity contribution in [2.24, 2.45) is 5.10 Å². The number of rotatable bonds is 5. The molecule has 0 radical (unpaired) electrons. The van der Waals surface area contributed by atoms with E-state index in [4.69, 9.17) is 16.3 Å². The lowest BCUT2D eigenvalue weighted by Gasteiger charge is -2.04. The van der Waals surface area contributed by atoms with Gasteiger partial charge >= 0.3 is 5.97 Å². The highest BCUT2D eigenvalue weighted by molar-refractivity contribution is 6.30. The molecule has 0 saturated heterocycles. The van der Waals surface area contributed by atoms with Crippen LogP contribution >= 0.6 is 11.6 Å². The summed E-state index contributed by atoms with van der Waals surface area (Å²) < 4.78 is 5.29. The Bertz CT molecular complexity index is 956. The molecule has 0 bridgehead atoms. The zero-order chi connectivity index (χ0) is 19.1. The van der Waals surface area contributed by atoms with Crippen LogP contribution in [0.15, 0.2) is 78.2 Å². The van der Waals surface area contributed by atoms with E-state index in [0.29, 0.717) is 21.9 Å². The summed E-state index contributed by atoms with van der Waals surface area (Å²) in [6, 6.07) is 16.3. The average Bonchev–Trinajstić information content (AvgIpc) is 2.70. The van der Waals surface area contributed by atoms with Gasteiger partial charge in [-0.2, -0.15) is 5.10 Å². The van der Waals surface area contributed by atoms with E-state index in [2.05, 4.69) is 15.5 Å². The summed E-state index contributed by atoms with van der Waals surface area (Å²) in [6.07, 6.45) is 4.55. The smallest absolute Gasteiger partial charge is 0.343 e. The standard InChI is InChI=1S/C20H14ClN3O3/c21-17-5-3-16(4-6-17)20(26)27-18-7-1-14(2-8-18)13-23-24-19(25)15-9-11-22-12-10-15/h1-13H,(H,24,25)/b23-13+. The highest BCUT2D eigenvalue weighted by Crippen LogP contribution is 2.15. The number of carbonyl (C=O) groups excluding carboxylic acids is 2. The van der Waals surface area contributed by atoms with Crippen molar-refractivity contribution in [2.45, 2.75) is 0 Å². The number of hydrogen-bond donors (Lipinski definition) is 1. The summed E-state index contributed by atoms with van der Waals surface area (Å²) in [5, 5.41) is 4.45. The molecule has 0 saturated carbocycles. The number of nitrogens with one attached hydrogen (secondary N) is 1. The Balaban J connectivity index is 1.56. The lowest BCUT2D eigenvalue weighted by molar-refractivity contribution is 0.0734. The monoisotopic (exact) mass is 379 g/mol. The van der Waals surface area contributed by atoms with Crippen molar-refractivity contribution in [3.05, 3.63) is 94.8 Å². The van der Waals surface area contributed by atoms with E-state index in [0.717, 1.165) is 5.56 Å². The van der Waals surface area contributed by atoms with Crippen LogP contribution in [-0.4, -0.2) is 23.1 Å². The minimum absolute atomic E-state index is 0.331. The lowest BCUT2D eigenvalue weighted by atomic mass is 10.2. The van der Waals surface area contributed by atoms with Crippen LogP contribution in [0.4, 0.5) is 0 Å². The van der Waals surface area contributed by atoms with E-state index in [1.165, 1.54) is 18.6 Å². The number of aromatic nitrogens is 1. The molecule has 134 valence electrons. The van der Waals surface area contributed by atoms with Gasteiger partial charge in [-0.3, -0.25) is 9.78 Å². The third-order valence-electron chi connectivity index (χ3n) is 3.49. The van der Waals surface area contributed by atoms with Gasteiger partial charge < -0.3 is 4.74 Å². The Morgan fingerprint density at radius 3 is 2.26 bits per heavy atom. The van der Waals surface area contributed by atoms with Crippen molar-refractivity contribution in [1.29, 1.82) is 0 Å². The predicted molar refractivity (Wildman–Crippen MR) is 102 cm³/mol. The van der Waals surface area contributed by atoms with Crippen LogP contribution in [0.2, 0.25) is 5.02 Å². The summed E-state index contributed by atoms with van der Waals surface area (Å²) in [5.74, 6) is -0.409. The zero-order valence-corrected chi connectivity index (χ0v) is 14.8. The first-order valence-electron chi connectivity index (χ1n) is 7.93.